The number of ether oxygens (including phenoxy) is 1. The van der Waals surface area contributed by atoms with Gasteiger partial charge in [0.1, 0.15) is 24.5 Å². The molecule has 0 amide bonds. The highest BCUT2D eigenvalue weighted by atomic mass is 32.1. The van der Waals surface area contributed by atoms with Crippen molar-refractivity contribution in [3.05, 3.63) is 46.4 Å². The highest BCUT2D eigenvalue weighted by Crippen LogP contribution is 2.16. The van der Waals surface area contributed by atoms with Crippen molar-refractivity contribution in [2.24, 2.45) is 0 Å². The zero-order chi connectivity index (χ0) is 15.1. The summed E-state index contributed by atoms with van der Waals surface area (Å²) >= 11 is 1.56. The van der Waals surface area contributed by atoms with Gasteiger partial charge in [0.25, 0.3) is 0 Å². The fraction of sp³-hybridized carbons (Fsp3) is 0.333. The average Bonchev–Trinajstić information content (AvgIpc) is 2.98. The Bertz CT molecular complexity index is 595. The third-order valence-corrected chi connectivity index (χ3v) is 3.51. The monoisotopic (exact) mass is 303 g/mol. The zero-order valence-corrected chi connectivity index (χ0v) is 12.6. The molecule has 0 aliphatic carbocycles. The van der Waals surface area contributed by atoms with E-state index in [-0.39, 0.29) is 6.61 Å². The van der Waals surface area contributed by atoms with E-state index >= 15 is 0 Å². The fourth-order valence-corrected chi connectivity index (χ4v) is 2.49. The van der Waals surface area contributed by atoms with E-state index in [9.17, 15) is 5.11 Å². The molecule has 0 aliphatic rings. The summed E-state index contributed by atoms with van der Waals surface area (Å²) < 4.78 is 5.51. The Morgan fingerprint density at radius 3 is 3.00 bits per heavy atom. The fourth-order valence-electron chi connectivity index (χ4n) is 1.94. The van der Waals surface area contributed by atoms with Gasteiger partial charge >= 0.3 is 0 Å². The average molecular weight is 303 g/mol. The molecule has 21 heavy (non-hydrogen) atoms. The van der Waals surface area contributed by atoms with Gasteiger partial charge < -0.3 is 9.84 Å². The van der Waals surface area contributed by atoms with Crippen molar-refractivity contribution in [3.63, 3.8) is 0 Å². The molecule has 1 aromatic carbocycles. The van der Waals surface area contributed by atoms with Gasteiger partial charge in [-0.05, 0) is 19.2 Å². The third kappa shape index (κ3) is 4.83. The van der Waals surface area contributed by atoms with E-state index in [0.717, 1.165) is 5.69 Å². The topological polar surface area (TPSA) is 69.4 Å². The molecule has 0 spiro atoms. The number of thiazole rings is 1. The maximum absolute atomic E-state index is 10.0. The van der Waals surface area contributed by atoms with Crippen molar-refractivity contribution in [1.82, 2.24) is 9.88 Å². The predicted molar refractivity (Wildman–Crippen MR) is 81.1 cm³/mol. The quantitative estimate of drug-likeness (QED) is 0.846. The molecule has 0 bridgehead atoms. The lowest BCUT2D eigenvalue weighted by Crippen LogP contribution is -2.32. The number of likely N-dealkylation sites (N-methyl/N-ethyl adjacent to an activating group) is 1. The Hall–Kier alpha value is -1.94. The molecule has 1 aromatic heterocycles. The van der Waals surface area contributed by atoms with Gasteiger partial charge in [0.2, 0.25) is 0 Å². The number of rotatable bonds is 7. The summed E-state index contributed by atoms with van der Waals surface area (Å²) in [5.41, 5.74) is 3.26. The van der Waals surface area contributed by atoms with Crippen molar-refractivity contribution >= 4 is 11.3 Å². The number of para-hydroxylation sites is 1. The summed E-state index contributed by atoms with van der Waals surface area (Å²) in [5.74, 6) is 0.501. The van der Waals surface area contributed by atoms with Crippen LogP contribution in [0.3, 0.4) is 0 Å². The van der Waals surface area contributed by atoms with Crippen LogP contribution in [0, 0.1) is 11.3 Å². The summed E-state index contributed by atoms with van der Waals surface area (Å²) in [6.45, 7) is 1.32. The molecule has 1 unspecified atom stereocenters. The molecule has 5 nitrogen and oxygen atoms in total. The van der Waals surface area contributed by atoms with E-state index in [1.165, 1.54) is 0 Å². The second-order valence-corrected chi connectivity index (χ2v) is 5.47. The summed E-state index contributed by atoms with van der Waals surface area (Å²) in [7, 11) is 1.92. The van der Waals surface area contributed by atoms with Gasteiger partial charge in [-0.3, -0.25) is 4.90 Å². The number of aliphatic hydroxyl groups excluding tert-OH is 1. The highest BCUT2D eigenvalue weighted by molar-refractivity contribution is 7.07. The first-order valence-electron chi connectivity index (χ1n) is 6.54. The molecule has 2 aromatic rings. The van der Waals surface area contributed by atoms with Gasteiger partial charge in [-0.2, -0.15) is 5.26 Å². The Balaban J connectivity index is 1.79. The molecule has 1 N–H and O–H groups in total. The molecule has 0 fully saturated rings. The van der Waals surface area contributed by atoms with E-state index in [0.29, 0.717) is 24.4 Å². The molecule has 2 rings (SSSR count). The maximum Gasteiger partial charge on any atom is 0.137 e. The van der Waals surface area contributed by atoms with E-state index in [2.05, 4.69) is 11.1 Å². The number of aromatic nitrogens is 1. The van der Waals surface area contributed by atoms with E-state index in [4.69, 9.17) is 10.00 Å². The minimum atomic E-state index is -0.625. The molecule has 0 radical (unpaired) electrons. The Morgan fingerprint density at radius 1 is 1.48 bits per heavy atom. The normalized spacial score (nSPS) is 12.1. The van der Waals surface area contributed by atoms with Gasteiger partial charge in [-0.1, -0.05) is 12.1 Å². The summed E-state index contributed by atoms with van der Waals surface area (Å²) in [5, 5.41) is 21.0. The third-order valence-electron chi connectivity index (χ3n) is 2.88. The van der Waals surface area contributed by atoms with Crippen LogP contribution in [0.5, 0.6) is 5.75 Å². The molecule has 110 valence electrons. The number of aliphatic hydroxyl groups is 1. The van der Waals surface area contributed by atoms with Crippen molar-refractivity contribution in [3.8, 4) is 11.8 Å². The lowest BCUT2D eigenvalue weighted by Gasteiger charge is -2.20. The van der Waals surface area contributed by atoms with Crippen LogP contribution in [0.1, 0.15) is 11.3 Å². The van der Waals surface area contributed by atoms with Gasteiger partial charge in [0.05, 0.1) is 16.8 Å². The molecule has 1 atom stereocenters. The van der Waals surface area contributed by atoms with Crippen LogP contribution in [0.25, 0.3) is 0 Å². The molecule has 6 heteroatoms. The maximum atomic E-state index is 10.0. The van der Waals surface area contributed by atoms with Crippen LogP contribution in [-0.2, 0) is 6.54 Å². The summed E-state index contributed by atoms with van der Waals surface area (Å²) in [4.78, 5) is 6.19. The van der Waals surface area contributed by atoms with Crippen molar-refractivity contribution in [2.45, 2.75) is 12.6 Å². The van der Waals surface area contributed by atoms with Crippen LogP contribution in [0.4, 0.5) is 0 Å². The van der Waals surface area contributed by atoms with Gasteiger partial charge in [-0.25, -0.2) is 4.98 Å². The molecule has 0 aliphatic heterocycles. The first kappa shape index (κ1) is 15.4. The van der Waals surface area contributed by atoms with Gasteiger partial charge in [0, 0.05) is 18.5 Å². The second kappa shape index (κ2) is 7.74. The molecule has 0 saturated carbocycles. The first-order chi connectivity index (χ1) is 10.2. The van der Waals surface area contributed by atoms with Crippen molar-refractivity contribution < 1.29 is 9.84 Å². The van der Waals surface area contributed by atoms with Crippen LogP contribution >= 0.6 is 11.3 Å². The van der Waals surface area contributed by atoms with E-state index in [1.807, 2.05) is 17.3 Å². The van der Waals surface area contributed by atoms with Crippen LogP contribution in [0.2, 0.25) is 0 Å². The lowest BCUT2D eigenvalue weighted by atomic mass is 10.2. The molecular weight excluding hydrogens is 286 g/mol. The standard InChI is InChI=1S/C15H17N3O2S/c1-18(7-13-10-21-11-17-13)8-14(19)9-20-15-5-3-2-4-12(15)6-16/h2-5,10-11,14,19H,7-9H2,1H3. The zero-order valence-electron chi connectivity index (χ0n) is 11.8. The Kier molecular flexibility index (Phi) is 5.69. The molecular formula is C15H17N3O2S. The number of nitriles is 1. The van der Waals surface area contributed by atoms with Crippen LogP contribution in [0.15, 0.2) is 35.2 Å². The van der Waals surface area contributed by atoms with E-state index < -0.39 is 6.10 Å². The van der Waals surface area contributed by atoms with Crippen molar-refractivity contribution in [1.29, 1.82) is 5.26 Å². The minimum Gasteiger partial charge on any atom is -0.489 e. The Labute approximate surface area is 128 Å². The number of nitrogens with zero attached hydrogens (tertiary/aromatic N) is 3. The van der Waals surface area contributed by atoms with Crippen LogP contribution < -0.4 is 4.74 Å². The second-order valence-electron chi connectivity index (χ2n) is 4.75. The Morgan fingerprint density at radius 2 is 2.29 bits per heavy atom. The number of hydrogen-bond donors (Lipinski definition) is 1. The SMILES string of the molecule is CN(Cc1cscn1)CC(O)COc1ccccc1C#N. The van der Waals surface area contributed by atoms with Gasteiger partial charge in [0.15, 0.2) is 0 Å². The number of benzene rings is 1. The lowest BCUT2D eigenvalue weighted by molar-refractivity contribution is 0.0740. The first-order valence-corrected chi connectivity index (χ1v) is 7.49. The van der Waals surface area contributed by atoms with Crippen molar-refractivity contribution in [2.75, 3.05) is 20.2 Å². The largest absolute Gasteiger partial charge is 0.489 e. The predicted octanol–water partition coefficient (Wildman–Crippen LogP) is 1.89. The summed E-state index contributed by atoms with van der Waals surface area (Å²) in [6, 6.07) is 9.07. The van der Waals surface area contributed by atoms with Gasteiger partial charge in [-0.15, -0.1) is 11.3 Å². The van der Waals surface area contributed by atoms with Crippen LogP contribution in [-0.4, -0.2) is 41.3 Å². The smallest absolute Gasteiger partial charge is 0.137 e. The van der Waals surface area contributed by atoms with E-state index in [1.54, 1.807) is 41.1 Å². The molecule has 1 heterocycles. The summed E-state index contributed by atoms with van der Waals surface area (Å²) in [6.07, 6.45) is -0.625. The number of hydrogen-bond acceptors (Lipinski definition) is 6. The molecule has 0 saturated heterocycles. The highest BCUT2D eigenvalue weighted by Gasteiger charge is 2.11. The minimum absolute atomic E-state index is 0.153.